The van der Waals surface area contributed by atoms with Crippen LogP contribution in [0.25, 0.3) is 10.2 Å². The van der Waals surface area contributed by atoms with Gasteiger partial charge in [-0.25, -0.2) is 0 Å². The van der Waals surface area contributed by atoms with Gasteiger partial charge in [0.05, 0.1) is 10.2 Å². The summed E-state index contributed by atoms with van der Waals surface area (Å²) in [6.07, 6.45) is 1.81. The van der Waals surface area contributed by atoms with E-state index in [1.807, 2.05) is 24.5 Å². The van der Waals surface area contributed by atoms with Crippen LogP contribution in [-0.4, -0.2) is 20.3 Å². The molecule has 124 valence electrons. The first-order chi connectivity index (χ1) is 11.5. The monoisotopic (exact) mass is 340 g/mol. The summed E-state index contributed by atoms with van der Waals surface area (Å²) < 4.78 is 4.92. The van der Waals surface area contributed by atoms with Crippen LogP contribution in [-0.2, 0) is 13.1 Å². The fourth-order valence-electron chi connectivity index (χ4n) is 2.65. The summed E-state index contributed by atoms with van der Waals surface area (Å²) in [6.45, 7) is 11.1. The molecule has 24 heavy (non-hydrogen) atoms. The second-order valence-electron chi connectivity index (χ2n) is 5.66. The lowest BCUT2D eigenvalue weighted by molar-refractivity contribution is 0.0992. The summed E-state index contributed by atoms with van der Waals surface area (Å²) in [5.41, 5.74) is 3.59. The first-order valence-corrected chi connectivity index (χ1v) is 8.69. The van der Waals surface area contributed by atoms with Crippen molar-refractivity contribution in [3.05, 3.63) is 58.7 Å². The molecular weight excluding hydrogens is 320 g/mol. The minimum absolute atomic E-state index is 0.314. The highest BCUT2D eigenvalue weighted by Crippen LogP contribution is 2.19. The highest BCUT2D eigenvalue weighted by Gasteiger charge is 2.12. The average Bonchev–Trinajstić information content (AvgIpc) is 3.08. The number of hydrogen-bond donors (Lipinski definition) is 0. The number of carbonyl (C=O) groups excluding carboxylic acids is 1. The molecular formula is C18H20N4OS. The maximum Gasteiger partial charge on any atom is 0.300 e. The third-order valence-corrected chi connectivity index (χ3v) is 4.89. The average molecular weight is 340 g/mol. The second-order valence-corrected chi connectivity index (χ2v) is 6.67. The number of thiazole rings is 1. The van der Waals surface area contributed by atoms with Gasteiger partial charge in [0.1, 0.15) is 0 Å². The van der Waals surface area contributed by atoms with Crippen molar-refractivity contribution in [2.75, 3.05) is 0 Å². The molecule has 3 rings (SSSR count). The fourth-order valence-corrected chi connectivity index (χ4v) is 3.79. The minimum Gasteiger partial charge on any atom is -0.312 e. The number of benzene rings is 1. The van der Waals surface area contributed by atoms with Crippen molar-refractivity contribution in [1.29, 1.82) is 0 Å². The lowest BCUT2D eigenvalue weighted by atomic mass is 10.2. The smallest absolute Gasteiger partial charge is 0.300 e. The number of fused-ring (bicyclic) bond motifs is 1. The Morgan fingerprint density at radius 2 is 2.17 bits per heavy atom. The van der Waals surface area contributed by atoms with Crippen LogP contribution in [0.1, 0.15) is 28.7 Å². The molecule has 0 atom stereocenters. The highest BCUT2D eigenvalue weighted by molar-refractivity contribution is 7.16. The molecule has 1 amide bonds. The van der Waals surface area contributed by atoms with Gasteiger partial charge in [-0.2, -0.15) is 10.1 Å². The quantitative estimate of drug-likeness (QED) is 0.683. The van der Waals surface area contributed by atoms with E-state index in [4.69, 9.17) is 0 Å². The van der Waals surface area contributed by atoms with Gasteiger partial charge in [0.25, 0.3) is 5.91 Å². The molecule has 0 bridgehead atoms. The van der Waals surface area contributed by atoms with E-state index in [0.717, 1.165) is 22.5 Å². The second kappa shape index (κ2) is 6.57. The zero-order valence-electron chi connectivity index (χ0n) is 14.1. The van der Waals surface area contributed by atoms with Crippen molar-refractivity contribution >= 4 is 27.5 Å². The molecule has 0 saturated carbocycles. The normalized spacial score (nSPS) is 12.0. The van der Waals surface area contributed by atoms with Gasteiger partial charge >= 0.3 is 0 Å². The molecule has 0 unspecified atom stereocenters. The Kier molecular flexibility index (Phi) is 4.49. The van der Waals surface area contributed by atoms with Crippen molar-refractivity contribution in [2.45, 2.75) is 33.9 Å². The first kappa shape index (κ1) is 16.4. The van der Waals surface area contributed by atoms with Gasteiger partial charge < -0.3 is 4.57 Å². The summed E-state index contributed by atoms with van der Waals surface area (Å²) in [4.78, 5) is 17.5. The largest absolute Gasteiger partial charge is 0.312 e. The molecule has 3 aromatic rings. The number of nitrogens with zero attached hydrogens (tertiary/aromatic N) is 4. The number of carbonyl (C=O) groups is 1. The van der Waals surface area contributed by atoms with Crippen molar-refractivity contribution in [3.63, 3.8) is 0 Å². The summed E-state index contributed by atoms with van der Waals surface area (Å²) in [6, 6.07) is 8.01. The van der Waals surface area contributed by atoms with Gasteiger partial charge in [-0.1, -0.05) is 23.5 Å². The number of amides is 1. The van der Waals surface area contributed by atoms with E-state index in [1.54, 1.807) is 10.7 Å². The molecule has 2 heterocycles. The number of hydrogen-bond acceptors (Lipinski definition) is 3. The molecule has 6 heteroatoms. The van der Waals surface area contributed by atoms with E-state index in [0.29, 0.717) is 17.0 Å². The van der Waals surface area contributed by atoms with Crippen LogP contribution in [0.5, 0.6) is 0 Å². The van der Waals surface area contributed by atoms with E-state index in [1.165, 1.54) is 16.9 Å². The van der Waals surface area contributed by atoms with Gasteiger partial charge in [0.15, 0.2) is 10.5 Å². The van der Waals surface area contributed by atoms with Crippen LogP contribution in [0.3, 0.4) is 0 Å². The summed E-state index contributed by atoms with van der Waals surface area (Å²) in [5, 5.41) is 4.32. The highest BCUT2D eigenvalue weighted by atomic mass is 32.1. The molecule has 1 aromatic carbocycles. The summed E-state index contributed by atoms with van der Waals surface area (Å²) >= 11 is 1.51. The molecule has 0 aliphatic rings. The Morgan fingerprint density at radius 3 is 2.83 bits per heavy atom. The van der Waals surface area contributed by atoms with Crippen molar-refractivity contribution in [3.8, 4) is 0 Å². The fraction of sp³-hybridized carbons (Fsp3) is 0.278. The Labute approximate surface area is 144 Å². The van der Waals surface area contributed by atoms with Crippen LogP contribution in [0.2, 0.25) is 0 Å². The van der Waals surface area contributed by atoms with Crippen LogP contribution in [0.4, 0.5) is 0 Å². The molecule has 0 saturated heterocycles. The van der Waals surface area contributed by atoms with Gasteiger partial charge in [-0.3, -0.25) is 9.48 Å². The molecule has 0 radical (unpaired) electrons. The number of aryl methyl sites for hydroxylation is 3. The predicted molar refractivity (Wildman–Crippen MR) is 97.3 cm³/mol. The Morgan fingerprint density at radius 1 is 1.38 bits per heavy atom. The van der Waals surface area contributed by atoms with Crippen molar-refractivity contribution in [2.24, 2.45) is 4.99 Å². The van der Waals surface area contributed by atoms with E-state index in [2.05, 4.69) is 41.8 Å². The first-order valence-electron chi connectivity index (χ1n) is 7.88. The topological polar surface area (TPSA) is 52.2 Å². The number of rotatable bonds is 4. The van der Waals surface area contributed by atoms with E-state index in [-0.39, 0.29) is 5.91 Å². The van der Waals surface area contributed by atoms with Gasteiger partial charge in [0.2, 0.25) is 0 Å². The van der Waals surface area contributed by atoms with Crippen LogP contribution in [0, 0.1) is 13.8 Å². The minimum atomic E-state index is -0.314. The zero-order chi connectivity index (χ0) is 17.3. The van der Waals surface area contributed by atoms with Crippen LogP contribution in [0.15, 0.2) is 41.9 Å². The van der Waals surface area contributed by atoms with Crippen molar-refractivity contribution in [1.82, 2.24) is 14.3 Å². The van der Waals surface area contributed by atoms with E-state index < -0.39 is 0 Å². The third-order valence-electron chi connectivity index (χ3n) is 3.85. The van der Waals surface area contributed by atoms with Gasteiger partial charge in [-0.05, 0) is 44.5 Å². The maximum absolute atomic E-state index is 12.5. The Hall–Kier alpha value is -2.47. The SMILES string of the molecule is C=CCn1c(=NC(=O)c2cc(C)n(CC)n2)sc2cc(C)ccc21. The zero-order valence-corrected chi connectivity index (χ0v) is 14.9. The number of allylic oxidation sites excluding steroid dienone is 1. The van der Waals surface area contributed by atoms with Crippen molar-refractivity contribution < 1.29 is 4.79 Å². The Bertz CT molecular complexity index is 990. The van der Waals surface area contributed by atoms with E-state index >= 15 is 0 Å². The molecule has 0 aliphatic carbocycles. The summed E-state index contributed by atoms with van der Waals surface area (Å²) in [5.74, 6) is -0.314. The molecule has 0 fully saturated rings. The molecule has 0 N–H and O–H groups in total. The molecule has 5 nitrogen and oxygen atoms in total. The third kappa shape index (κ3) is 2.97. The lowest BCUT2D eigenvalue weighted by Crippen LogP contribution is -2.16. The van der Waals surface area contributed by atoms with Crippen LogP contribution >= 0.6 is 11.3 Å². The predicted octanol–water partition coefficient (Wildman–Crippen LogP) is 3.46. The molecule has 0 spiro atoms. The number of aromatic nitrogens is 3. The van der Waals surface area contributed by atoms with Gasteiger partial charge in [-0.15, -0.1) is 6.58 Å². The molecule has 2 aromatic heterocycles. The Balaban J connectivity index is 2.12. The van der Waals surface area contributed by atoms with E-state index in [9.17, 15) is 4.79 Å². The van der Waals surface area contributed by atoms with Gasteiger partial charge in [0, 0.05) is 18.8 Å². The van der Waals surface area contributed by atoms with Crippen LogP contribution < -0.4 is 4.80 Å². The lowest BCUT2D eigenvalue weighted by Gasteiger charge is -2.00. The maximum atomic E-state index is 12.5. The summed E-state index contributed by atoms with van der Waals surface area (Å²) in [7, 11) is 0. The molecule has 0 aliphatic heterocycles. The standard InChI is InChI=1S/C18H20N4OS/c1-5-9-21-15-8-7-12(3)10-16(15)24-18(21)19-17(23)14-11-13(4)22(6-2)20-14/h5,7-8,10-11H,1,6,9H2,2-4H3.